The molecule has 1 aromatic heterocycles. The summed E-state index contributed by atoms with van der Waals surface area (Å²) in [6.45, 7) is 8.58. The Morgan fingerprint density at radius 1 is 1.20 bits per heavy atom. The number of aromatic nitrogens is 2. The van der Waals surface area contributed by atoms with Crippen molar-refractivity contribution in [2.75, 3.05) is 26.2 Å². The van der Waals surface area contributed by atoms with E-state index in [4.69, 9.17) is 4.74 Å². The van der Waals surface area contributed by atoms with Gasteiger partial charge in [0.15, 0.2) is 0 Å². The topological polar surface area (TPSA) is 78.5 Å². The number of aromatic amines is 1. The molecule has 0 spiro atoms. The Hall–Kier alpha value is -1.89. The third-order valence-electron chi connectivity index (χ3n) is 5.09. The lowest BCUT2D eigenvalue weighted by molar-refractivity contribution is -0.148. The number of nitrogens with one attached hydrogen (secondary N) is 1. The highest BCUT2D eigenvalue weighted by Gasteiger charge is 2.34. The summed E-state index contributed by atoms with van der Waals surface area (Å²) < 4.78 is 5.71. The summed E-state index contributed by atoms with van der Waals surface area (Å²) in [5.41, 5.74) is 1.43. The molecule has 2 aliphatic heterocycles. The SMILES string of the molecule is CCc1cc(C(=O)N2CCC(C(=O)N3CC(C)OC(C)C3)CC2)n[nH]1. The van der Waals surface area contributed by atoms with Gasteiger partial charge in [0.2, 0.25) is 5.91 Å². The lowest BCUT2D eigenvalue weighted by Crippen LogP contribution is -2.51. The molecule has 3 rings (SSSR count). The van der Waals surface area contributed by atoms with Crippen molar-refractivity contribution >= 4 is 11.8 Å². The zero-order chi connectivity index (χ0) is 18.0. The van der Waals surface area contributed by atoms with Crippen LogP contribution in [0.1, 0.15) is 49.8 Å². The minimum absolute atomic E-state index is 0.00642. The number of amides is 2. The molecule has 1 aromatic rings. The van der Waals surface area contributed by atoms with E-state index in [-0.39, 0.29) is 29.9 Å². The van der Waals surface area contributed by atoms with Crippen LogP contribution in [-0.4, -0.2) is 70.2 Å². The fourth-order valence-corrected chi connectivity index (χ4v) is 3.76. The van der Waals surface area contributed by atoms with Crippen molar-refractivity contribution in [2.24, 2.45) is 5.92 Å². The van der Waals surface area contributed by atoms with Crippen molar-refractivity contribution in [1.29, 1.82) is 0 Å². The number of nitrogens with zero attached hydrogens (tertiary/aromatic N) is 3. The largest absolute Gasteiger partial charge is 0.372 e. The molecule has 0 bridgehead atoms. The Morgan fingerprint density at radius 3 is 2.40 bits per heavy atom. The summed E-state index contributed by atoms with van der Waals surface area (Å²) in [4.78, 5) is 29.0. The quantitative estimate of drug-likeness (QED) is 0.897. The third-order valence-corrected chi connectivity index (χ3v) is 5.09. The van der Waals surface area contributed by atoms with Crippen LogP contribution < -0.4 is 0 Å². The number of H-pyrrole nitrogens is 1. The van der Waals surface area contributed by atoms with Crippen molar-refractivity contribution in [1.82, 2.24) is 20.0 Å². The van der Waals surface area contributed by atoms with Gasteiger partial charge in [-0.15, -0.1) is 0 Å². The highest BCUT2D eigenvalue weighted by atomic mass is 16.5. The Balaban J connectivity index is 1.54. The van der Waals surface area contributed by atoms with Crippen LogP contribution in [0, 0.1) is 5.92 Å². The molecule has 2 saturated heterocycles. The average molecular weight is 348 g/mol. The number of piperidine rings is 1. The third kappa shape index (κ3) is 4.03. The summed E-state index contributed by atoms with van der Waals surface area (Å²) in [6.07, 6.45) is 2.43. The van der Waals surface area contributed by atoms with Crippen LogP contribution in [0.2, 0.25) is 0 Å². The normalized spacial score (nSPS) is 25.2. The number of hydrogen-bond donors (Lipinski definition) is 1. The average Bonchev–Trinajstić information content (AvgIpc) is 3.09. The van der Waals surface area contributed by atoms with Crippen LogP contribution in [0.25, 0.3) is 0 Å². The number of likely N-dealkylation sites (tertiary alicyclic amines) is 1. The van der Waals surface area contributed by atoms with Crippen LogP contribution in [0.5, 0.6) is 0 Å². The molecule has 0 aliphatic carbocycles. The van der Waals surface area contributed by atoms with E-state index in [2.05, 4.69) is 10.2 Å². The van der Waals surface area contributed by atoms with Gasteiger partial charge in [-0.05, 0) is 39.2 Å². The minimum Gasteiger partial charge on any atom is -0.372 e. The Bertz CT molecular complexity index is 612. The van der Waals surface area contributed by atoms with Gasteiger partial charge >= 0.3 is 0 Å². The molecule has 2 aliphatic rings. The minimum atomic E-state index is -0.0459. The maximum Gasteiger partial charge on any atom is 0.274 e. The highest BCUT2D eigenvalue weighted by Crippen LogP contribution is 2.23. The number of carbonyl (C=O) groups excluding carboxylic acids is 2. The van der Waals surface area contributed by atoms with Crippen LogP contribution >= 0.6 is 0 Å². The van der Waals surface area contributed by atoms with Gasteiger partial charge in [0.25, 0.3) is 5.91 Å². The van der Waals surface area contributed by atoms with Crippen molar-refractivity contribution in [3.63, 3.8) is 0 Å². The summed E-state index contributed by atoms with van der Waals surface area (Å²) in [5.74, 6) is 0.171. The zero-order valence-corrected chi connectivity index (χ0v) is 15.3. The number of rotatable bonds is 3. The first-order chi connectivity index (χ1) is 12.0. The lowest BCUT2D eigenvalue weighted by Gasteiger charge is -2.39. The number of ether oxygens (including phenoxy) is 1. The molecular formula is C18H28N4O3. The van der Waals surface area contributed by atoms with Crippen LogP contribution in [0.4, 0.5) is 0 Å². The molecule has 7 heteroatoms. The van der Waals surface area contributed by atoms with E-state index in [1.54, 1.807) is 0 Å². The molecule has 1 N–H and O–H groups in total. The van der Waals surface area contributed by atoms with Crippen molar-refractivity contribution in [3.8, 4) is 0 Å². The second-order valence-electron chi connectivity index (χ2n) is 7.20. The standard InChI is InChI=1S/C18H28N4O3/c1-4-15-9-16(20-19-15)18(24)21-7-5-14(6-8-21)17(23)22-10-12(2)25-13(3)11-22/h9,12-14H,4-8,10-11H2,1-3H3,(H,19,20). The molecule has 3 heterocycles. The van der Waals surface area contributed by atoms with Gasteiger partial charge < -0.3 is 14.5 Å². The van der Waals surface area contributed by atoms with Crippen LogP contribution in [0.3, 0.4) is 0 Å². The Morgan fingerprint density at radius 2 is 1.84 bits per heavy atom. The van der Waals surface area contributed by atoms with Crippen molar-refractivity contribution in [3.05, 3.63) is 17.5 Å². The second kappa shape index (κ2) is 7.56. The van der Waals surface area contributed by atoms with Crippen LogP contribution in [0.15, 0.2) is 6.07 Å². The first-order valence-electron chi connectivity index (χ1n) is 9.25. The van der Waals surface area contributed by atoms with Gasteiger partial charge in [-0.2, -0.15) is 5.10 Å². The molecular weight excluding hydrogens is 320 g/mol. The zero-order valence-electron chi connectivity index (χ0n) is 15.3. The monoisotopic (exact) mass is 348 g/mol. The van der Waals surface area contributed by atoms with Gasteiger partial charge in [0, 0.05) is 37.8 Å². The van der Waals surface area contributed by atoms with E-state index in [1.165, 1.54) is 0 Å². The first-order valence-corrected chi connectivity index (χ1v) is 9.25. The smallest absolute Gasteiger partial charge is 0.274 e. The maximum absolute atomic E-state index is 12.8. The fourth-order valence-electron chi connectivity index (χ4n) is 3.76. The first kappa shape index (κ1) is 17.9. The Labute approximate surface area is 148 Å². The second-order valence-corrected chi connectivity index (χ2v) is 7.20. The van der Waals surface area contributed by atoms with Crippen LogP contribution in [-0.2, 0) is 16.0 Å². The van der Waals surface area contributed by atoms with Crippen molar-refractivity contribution in [2.45, 2.75) is 52.2 Å². The van der Waals surface area contributed by atoms with Gasteiger partial charge in [0.05, 0.1) is 12.2 Å². The predicted octanol–water partition coefficient (Wildman–Crippen LogP) is 1.46. The molecule has 25 heavy (non-hydrogen) atoms. The number of carbonyl (C=O) groups is 2. The number of aryl methyl sites for hydroxylation is 1. The molecule has 7 nitrogen and oxygen atoms in total. The molecule has 0 radical (unpaired) electrons. The lowest BCUT2D eigenvalue weighted by atomic mass is 9.94. The van der Waals surface area contributed by atoms with Gasteiger partial charge in [-0.25, -0.2) is 0 Å². The van der Waals surface area contributed by atoms with E-state index in [0.717, 1.165) is 25.0 Å². The van der Waals surface area contributed by atoms with E-state index >= 15 is 0 Å². The molecule has 2 atom stereocenters. The maximum atomic E-state index is 12.8. The summed E-state index contributed by atoms with van der Waals surface area (Å²) in [5, 5.41) is 6.98. The van der Waals surface area contributed by atoms with E-state index in [1.807, 2.05) is 36.6 Å². The predicted molar refractivity (Wildman–Crippen MR) is 93.2 cm³/mol. The molecule has 138 valence electrons. The van der Waals surface area contributed by atoms with Gasteiger partial charge in [0.1, 0.15) is 5.69 Å². The van der Waals surface area contributed by atoms with E-state index < -0.39 is 0 Å². The Kier molecular flexibility index (Phi) is 5.42. The summed E-state index contributed by atoms with van der Waals surface area (Å²) >= 11 is 0. The molecule has 2 fully saturated rings. The van der Waals surface area contributed by atoms with Crippen molar-refractivity contribution < 1.29 is 14.3 Å². The van der Waals surface area contributed by atoms with E-state index in [9.17, 15) is 9.59 Å². The van der Waals surface area contributed by atoms with Gasteiger partial charge in [-0.3, -0.25) is 14.7 Å². The van der Waals surface area contributed by atoms with Gasteiger partial charge in [-0.1, -0.05) is 6.92 Å². The number of morpholine rings is 1. The summed E-state index contributed by atoms with van der Waals surface area (Å²) in [7, 11) is 0. The van der Waals surface area contributed by atoms with E-state index in [0.29, 0.717) is 31.9 Å². The molecule has 2 amide bonds. The highest BCUT2D eigenvalue weighted by molar-refractivity contribution is 5.92. The molecule has 0 aromatic carbocycles. The number of hydrogen-bond acceptors (Lipinski definition) is 4. The molecule has 0 saturated carbocycles. The summed E-state index contributed by atoms with van der Waals surface area (Å²) in [6, 6.07) is 1.82. The molecule has 2 unspecified atom stereocenters. The fraction of sp³-hybridized carbons (Fsp3) is 0.722.